The third kappa shape index (κ3) is 5.68. The predicted octanol–water partition coefficient (Wildman–Crippen LogP) is 3.26. The first-order valence-corrected chi connectivity index (χ1v) is 8.79. The van der Waals surface area contributed by atoms with Crippen molar-refractivity contribution in [2.45, 2.75) is 13.8 Å². The predicted molar refractivity (Wildman–Crippen MR) is 109 cm³/mol. The topological polar surface area (TPSA) is 79.8 Å². The molecule has 0 bridgehead atoms. The molecule has 0 spiro atoms. The lowest BCUT2D eigenvalue weighted by atomic mass is 10.2. The Morgan fingerprint density at radius 1 is 1.08 bits per heavy atom. The molecule has 0 aromatic heterocycles. The van der Waals surface area contributed by atoms with Gasteiger partial charge >= 0.3 is 0 Å². The van der Waals surface area contributed by atoms with E-state index >= 15 is 0 Å². The van der Waals surface area contributed by atoms with Crippen LogP contribution >= 0.6 is 0 Å². The number of benzene rings is 2. The largest absolute Gasteiger partial charge is 0.497 e. The molecule has 0 saturated carbocycles. The van der Waals surface area contributed by atoms with E-state index in [2.05, 4.69) is 24.1 Å². The average molecular weight is 355 g/mol. The molecule has 2 rings (SSSR count). The third-order valence-electron chi connectivity index (χ3n) is 4.13. The summed E-state index contributed by atoms with van der Waals surface area (Å²) in [6.45, 7) is 6.85. The Bertz CT molecular complexity index is 710. The number of anilines is 3. The van der Waals surface area contributed by atoms with Gasteiger partial charge in [0.2, 0.25) is 0 Å². The van der Waals surface area contributed by atoms with Gasteiger partial charge in [-0.05, 0) is 49.5 Å². The summed E-state index contributed by atoms with van der Waals surface area (Å²) in [4.78, 5) is 2.24. The van der Waals surface area contributed by atoms with Gasteiger partial charge < -0.3 is 15.8 Å². The molecule has 0 amide bonds. The van der Waals surface area contributed by atoms with Crippen LogP contribution in [0.3, 0.4) is 0 Å². The number of nitrogens with zero attached hydrogens (tertiary/aromatic N) is 2. The molecule has 0 fully saturated rings. The summed E-state index contributed by atoms with van der Waals surface area (Å²) in [5, 5.41) is 4.89. The Kier molecular flexibility index (Phi) is 7.32. The van der Waals surface area contributed by atoms with Crippen LogP contribution in [-0.4, -0.2) is 31.6 Å². The Balaban J connectivity index is 2.01. The Hall–Kier alpha value is -2.70. The first kappa shape index (κ1) is 19.6. The molecule has 26 heavy (non-hydrogen) atoms. The van der Waals surface area contributed by atoms with E-state index in [9.17, 15) is 0 Å². The zero-order valence-electron chi connectivity index (χ0n) is 15.8. The molecule has 0 aliphatic heterocycles. The number of ether oxygens (including phenoxy) is 1. The van der Waals surface area contributed by atoms with Gasteiger partial charge in [-0.1, -0.05) is 19.9 Å². The Morgan fingerprint density at radius 3 is 2.38 bits per heavy atom. The van der Waals surface area contributed by atoms with Gasteiger partial charge in [0.1, 0.15) is 5.75 Å². The second kappa shape index (κ2) is 9.70. The molecule has 0 heterocycles. The van der Waals surface area contributed by atoms with Crippen molar-refractivity contribution in [3.8, 4) is 5.75 Å². The van der Waals surface area contributed by atoms with Gasteiger partial charge in [0, 0.05) is 35.9 Å². The SMILES string of the molecule is CCN(CC)C/C(N)=C/N(N)c1ccc(Nc2cccc(OC)c2)cc1. The van der Waals surface area contributed by atoms with Gasteiger partial charge in [-0.2, -0.15) is 0 Å². The molecular formula is C20H29N5O. The normalized spacial score (nSPS) is 11.5. The van der Waals surface area contributed by atoms with Gasteiger partial charge in [0.15, 0.2) is 0 Å². The van der Waals surface area contributed by atoms with E-state index < -0.39 is 0 Å². The van der Waals surface area contributed by atoms with Crippen LogP contribution in [0, 0.1) is 0 Å². The molecule has 5 N–H and O–H groups in total. The summed E-state index contributed by atoms with van der Waals surface area (Å²) < 4.78 is 5.24. The third-order valence-corrected chi connectivity index (χ3v) is 4.13. The molecule has 0 aliphatic carbocycles. The van der Waals surface area contributed by atoms with Crippen molar-refractivity contribution in [2.24, 2.45) is 11.6 Å². The molecule has 2 aromatic rings. The van der Waals surface area contributed by atoms with Crippen molar-refractivity contribution in [1.82, 2.24) is 4.90 Å². The van der Waals surface area contributed by atoms with Crippen LogP contribution in [0.1, 0.15) is 13.8 Å². The molecule has 6 nitrogen and oxygen atoms in total. The number of hydrazine groups is 1. The summed E-state index contributed by atoms with van der Waals surface area (Å²) in [5.41, 5.74) is 9.62. The van der Waals surface area contributed by atoms with Crippen LogP contribution in [0.25, 0.3) is 0 Å². The van der Waals surface area contributed by atoms with Gasteiger partial charge in [0.25, 0.3) is 0 Å². The first-order chi connectivity index (χ1) is 12.5. The summed E-state index contributed by atoms with van der Waals surface area (Å²) in [7, 11) is 1.66. The second-order valence-electron chi connectivity index (χ2n) is 5.98. The maximum absolute atomic E-state index is 6.12. The molecule has 0 radical (unpaired) electrons. The molecule has 140 valence electrons. The standard InChI is InChI=1S/C20H29N5O/c1-4-24(5-2)14-16(21)15-25(22)19-11-9-17(10-12-19)23-18-7-6-8-20(13-18)26-3/h6-13,15,23H,4-5,14,21-22H2,1-3H3/b16-15-. The highest BCUT2D eigenvalue weighted by atomic mass is 16.5. The van der Waals surface area contributed by atoms with Crippen molar-refractivity contribution in [3.05, 3.63) is 60.4 Å². The zero-order valence-corrected chi connectivity index (χ0v) is 15.8. The number of likely N-dealkylation sites (N-methyl/N-ethyl adjacent to an activating group) is 1. The van der Waals surface area contributed by atoms with E-state index in [-0.39, 0.29) is 0 Å². The lowest BCUT2D eigenvalue weighted by Crippen LogP contribution is -2.31. The molecule has 0 saturated heterocycles. The second-order valence-corrected chi connectivity index (χ2v) is 5.98. The van der Waals surface area contributed by atoms with E-state index in [1.54, 1.807) is 18.3 Å². The number of methoxy groups -OCH3 is 1. The molecule has 2 aromatic carbocycles. The van der Waals surface area contributed by atoms with Crippen molar-refractivity contribution in [3.63, 3.8) is 0 Å². The first-order valence-electron chi connectivity index (χ1n) is 8.79. The van der Waals surface area contributed by atoms with Crippen molar-refractivity contribution in [2.75, 3.05) is 37.1 Å². The minimum absolute atomic E-state index is 0.705. The highest BCUT2D eigenvalue weighted by molar-refractivity contribution is 5.64. The van der Waals surface area contributed by atoms with E-state index in [0.717, 1.165) is 41.6 Å². The number of hydrogen-bond acceptors (Lipinski definition) is 6. The zero-order chi connectivity index (χ0) is 18.9. The quantitative estimate of drug-likeness (QED) is 0.473. The maximum atomic E-state index is 6.12. The fourth-order valence-electron chi connectivity index (χ4n) is 2.58. The molecular weight excluding hydrogens is 326 g/mol. The fraction of sp³-hybridized carbons (Fsp3) is 0.300. The molecule has 0 unspecified atom stereocenters. The summed E-state index contributed by atoms with van der Waals surface area (Å²) >= 11 is 0. The van der Waals surface area contributed by atoms with Crippen LogP contribution in [0.5, 0.6) is 5.75 Å². The summed E-state index contributed by atoms with van der Waals surface area (Å²) in [5.74, 6) is 6.93. The highest BCUT2D eigenvalue weighted by Crippen LogP contribution is 2.23. The highest BCUT2D eigenvalue weighted by Gasteiger charge is 2.04. The number of nitrogens with two attached hydrogens (primary N) is 2. The van der Waals surface area contributed by atoms with Gasteiger partial charge in [0.05, 0.1) is 12.8 Å². The lowest BCUT2D eigenvalue weighted by molar-refractivity contribution is 0.328. The Labute approximate surface area is 156 Å². The van der Waals surface area contributed by atoms with Crippen LogP contribution in [0.15, 0.2) is 60.4 Å². The monoisotopic (exact) mass is 355 g/mol. The van der Waals surface area contributed by atoms with Crippen LogP contribution in [-0.2, 0) is 0 Å². The lowest BCUT2D eigenvalue weighted by Gasteiger charge is -2.20. The molecule has 0 atom stereocenters. The van der Waals surface area contributed by atoms with Gasteiger partial charge in [-0.3, -0.25) is 9.91 Å². The van der Waals surface area contributed by atoms with Crippen LogP contribution in [0.2, 0.25) is 0 Å². The Morgan fingerprint density at radius 2 is 1.77 bits per heavy atom. The fourth-order valence-corrected chi connectivity index (χ4v) is 2.58. The number of rotatable bonds is 9. The smallest absolute Gasteiger partial charge is 0.120 e. The number of nitrogens with one attached hydrogen (secondary N) is 1. The van der Waals surface area contributed by atoms with E-state index in [1.165, 1.54) is 0 Å². The minimum Gasteiger partial charge on any atom is -0.497 e. The van der Waals surface area contributed by atoms with Crippen molar-refractivity contribution < 1.29 is 4.74 Å². The van der Waals surface area contributed by atoms with Gasteiger partial charge in [-0.25, -0.2) is 5.84 Å². The number of hydrogen-bond donors (Lipinski definition) is 3. The van der Waals surface area contributed by atoms with E-state index in [1.807, 2.05) is 48.5 Å². The molecule has 0 aliphatic rings. The van der Waals surface area contributed by atoms with E-state index in [4.69, 9.17) is 16.3 Å². The van der Waals surface area contributed by atoms with Gasteiger partial charge in [-0.15, -0.1) is 0 Å². The van der Waals surface area contributed by atoms with Crippen LogP contribution in [0.4, 0.5) is 17.1 Å². The van der Waals surface area contributed by atoms with Crippen LogP contribution < -0.4 is 26.6 Å². The van der Waals surface area contributed by atoms with Crippen molar-refractivity contribution >= 4 is 17.1 Å². The minimum atomic E-state index is 0.705. The van der Waals surface area contributed by atoms with E-state index in [0.29, 0.717) is 6.54 Å². The average Bonchev–Trinajstić information content (AvgIpc) is 2.66. The van der Waals surface area contributed by atoms with Crippen molar-refractivity contribution in [1.29, 1.82) is 0 Å². The maximum Gasteiger partial charge on any atom is 0.120 e. The summed E-state index contributed by atoms with van der Waals surface area (Å²) in [6.07, 6.45) is 1.77. The molecule has 6 heteroatoms. The summed E-state index contributed by atoms with van der Waals surface area (Å²) in [6, 6.07) is 15.6.